The number of amides is 14. The number of ether oxygens (including phenoxy) is 1. The number of aromatic amines is 6. The van der Waals surface area contributed by atoms with E-state index >= 15 is 0 Å². The quantitative estimate of drug-likeness (QED) is 0.0125. The van der Waals surface area contributed by atoms with E-state index in [9.17, 15) is 129 Å². The lowest BCUT2D eigenvalue weighted by Crippen LogP contribution is -2.51. The van der Waals surface area contributed by atoms with E-state index in [2.05, 4.69) is 42.2 Å². The van der Waals surface area contributed by atoms with Gasteiger partial charge in [-0.3, -0.25) is 153 Å². The Bertz CT molecular complexity index is 6060. The van der Waals surface area contributed by atoms with E-state index in [4.69, 9.17) is 16.2 Å². The van der Waals surface area contributed by atoms with Gasteiger partial charge in [0.1, 0.15) is 51.0 Å². The molecule has 55 heteroatoms. The number of nitrogens with two attached hydrogens (primary N) is 2. The minimum atomic E-state index is -1.32. The highest BCUT2D eigenvalue weighted by Gasteiger charge is 2.30. The van der Waals surface area contributed by atoms with Crippen LogP contribution in [0.25, 0.3) is 0 Å². The average molecular weight is 1830 g/mol. The highest BCUT2D eigenvalue weighted by atomic mass is 16.5. The fourth-order valence-electron chi connectivity index (χ4n) is 12.2. The second kappa shape index (κ2) is 49.1. The van der Waals surface area contributed by atoms with Gasteiger partial charge in [0.15, 0.2) is 0 Å². The first-order valence-corrected chi connectivity index (χ1v) is 39.8. The number of methoxy groups -OCH3 is 1. The fourth-order valence-corrected chi connectivity index (χ4v) is 12.2. The minimum absolute atomic E-state index is 0.00193. The van der Waals surface area contributed by atoms with Gasteiger partial charge in [0.2, 0.25) is 82.7 Å². The Labute approximate surface area is 731 Å². The number of rotatable bonds is 49. The number of esters is 1. The van der Waals surface area contributed by atoms with Crippen LogP contribution in [0.15, 0.2) is 94.6 Å². The van der Waals surface area contributed by atoms with Crippen LogP contribution < -0.4 is 116 Å². The molecule has 0 aliphatic rings. The van der Waals surface area contributed by atoms with Crippen LogP contribution in [0.1, 0.15) is 64.5 Å². The van der Waals surface area contributed by atoms with E-state index in [1.165, 1.54) is 41.5 Å². The normalized spacial score (nSPS) is 11.1. The summed E-state index contributed by atoms with van der Waals surface area (Å²) >= 11 is 0. The van der Waals surface area contributed by atoms with Crippen molar-refractivity contribution in [3.05, 3.63) is 196 Å². The molecule has 0 fully saturated rings. The molecule has 17 N–H and O–H groups in total. The maximum atomic E-state index is 14.4. The van der Waals surface area contributed by atoms with Crippen LogP contribution >= 0.6 is 0 Å². The monoisotopic (exact) mass is 1830 g/mol. The van der Waals surface area contributed by atoms with Gasteiger partial charge in [-0.1, -0.05) is 0 Å². The van der Waals surface area contributed by atoms with Crippen molar-refractivity contribution in [2.45, 2.75) is 106 Å². The van der Waals surface area contributed by atoms with Crippen LogP contribution in [0.5, 0.6) is 0 Å². The molecular weight excluding hydrogens is 1730 g/mol. The predicted molar refractivity (Wildman–Crippen MR) is 450 cm³/mol. The number of hydrogen-bond donors (Lipinski definition) is 15. The number of primary amides is 1. The fraction of sp³-hybridized carbons (Fsp3) is 0.480. The molecular formula is C75H101N27O28. The molecule has 0 aromatic carbocycles. The van der Waals surface area contributed by atoms with E-state index in [1.807, 2.05) is 24.9 Å². The highest BCUT2D eigenvalue weighted by molar-refractivity contribution is 5.92. The lowest BCUT2D eigenvalue weighted by Gasteiger charge is -2.26. The molecule has 1 atom stereocenters. The third-order valence-electron chi connectivity index (χ3n) is 19.2. The Hall–Kier alpha value is -15.9. The first-order valence-electron chi connectivity index (χ1n) is 39.8. The van der Waals surface area contributed by atoms with Gasteiger partial charge < -0.3 is 82.8 Å². The molecule has 0 aliphatic carbocycles. The Balaban J connectivity index is 1.21. The third-order valence-corrected chi connectivity index (χ3v) is 19.2. The van der Waals surface area contributed by atoms with Gasteiger partial charge in [-0.2, -0.15) is 0 Å². The van der Waals surface area contributed by atoms with Crippen molar-refractivity contribution in [1.29, 1.82) is 0 Å². The maximum Gasteiger partial charge on any atom is 0.355 e. The van der Waals surface area contributed by atoms with E-state index < -0.39 is 312 Å². The number of hydrogen-bond acceptors (Lipinski definition) is 29. The number of nitrogens with one attached hydrogen (secondary N) is 13. The summed E-state index contributed by atoms with van der Waals surface area (Å²) in [6, 6.07) is -0.588. The van der Waals surface area contributed by atoms with E-state index in [0.717, 1.165) is 90.3 Å². The molecule has 0 radical (unpaired) electrons. The summed E-state index contributed by atoms with van der Waals surface area (Å²) < 4.78 is 9.28. The lowest BCUT2D eigenvalue weighted by atomic mass is 10.1. The zero-order valence-corrected chi connectivity index (χ0v) is 71.8. The van der Waals surface area contributed by atoms with Crippen molar-refractivity contribution in [2.75, 3.05) is 131 Å². The summed E-state index contributed by atoms with van der Waals surface area (Å²) in [5, 5.41) is 17.2. The average Bonchev–Trinajstić information content (AvgIpc) is 0.814. The van der Waals surface area contributed by atoms with Gasteiger partial charge in [-0.15, -0.1) is 0 Å². The molecule has 6 heterocycles. The van der Waals surface area contributed by atoms with Crippen molar-refractivity contribution < 1.29 is 76.7 Å². The zero-order chi connectivity index (χ0) is 96.5. The van der Waals surface area contributed by atoms with Crippen LogP contribution in [0, 0.1) is 34.6 Å². The summed E-state index contributed by atoms with van der Waals surface area (Å²) in [7, 11) is 0.883. The molecule has 55 nitrogen and oxygen atoms in total. The molecule has 0 bridgehead atoms. The predicted octanol–water partition coefficient (Wildman–Crippen LogP) is -14.6. The van der Waals surface area contributed by atoms with Gasteiger partial charge in [0.25, 0.3) is 33.4 Å². The molecule has 704 valence electrons. The Morgan fingerprint density at radius 2 is 0.615 bits per heavy atom. The van der Waals surface area contributed by atoms with Gasteiger partial charge in [0, 0.05) is 150 Å². The summed E-state index contributed by atoms with van der Waals surface area (Å²) in [5.74, 6) is -14.5. The van der Waals surface area contributed by atoms with Gasteiger partial charge in [0.05, 0.1) is 46.4 Å². The molecule has 0 aliphatic heterocycles. The Morgan fingerprint density at radius 1 is 0.362 bits per heavy atom. The van der Waals surface area contributed by atoms with Crippen LogP contribution in [-0.2, 0) is 111 Å². The standard InChI is InChI=1S/C75H101N27O28/c1-42-25-97(70(124)86-64(42)118)36-57(111)91(18-12-78-47(6)103)30-51(105)79-13-19-92(58(112)37-98-26-43(2)65(119)87-71(98)125)31-52(106)80-14-20-93(59(113)38-99-27-44(3)66(120)88-72(99)126)32-53(107)82-16-22-95(62(116)41-102-49(69(123)130-7)24-50(104)85-75(102)129)34-55(109)81-15-21-94(60(114)39-100-28-45(4)67(121)89-73(100)127)33-54(108)83-17-23-96(35-56(110)84-48(63(77)117)10-8-9-11-76)61(115)40-101-29-46(5)68(122)90-74(101)128/h24-29,48H,8-23,30-41,76H2,1-7H3,(H2,77,117)(H,78,103)(H,79,105)(H,80,106)(H,81,109)(H,82,107)(H,83,108)(H,84,110)(H,85,104,129)(H,86,118,124)(H,87,119,125)(H,88,120,126)(H,89,121,127)(H,90,122,128)/t48-/m0/s1. The zero-order valence-electron chi connectivity index (χ0n) is 71.8. The van der Waals surface area contributed by atoms with E-state index in [0.29, 0.717) is 23.5 Å². The van der Waals surface area contributed by atoms with Gasteiger partial charge in [-0.05, 0) is 60.4 Å². The molecule has 0 spiro atoms. The first kappa shape index (κ1) is 103. The smallest absolute Gasteiger partial charge is 0.355 e. The summed E-state index contributed by atoms with van der Waals surface area (Å²) in [6.45, 7) is -8.30. The molecule has 14 amide bonds. The minimum Gasteiger partial charge on any atom is -0.464 e. The van der Waals surface area contributed by atoms with E-state index in [1.54, 1.807) is 0 Å². The van der Waals surface area contributed by atoms with Crippen LogP contribution in [0.4, 0.5) is 0 Å². The summed E-state index contributed by atoms with van der Waals surface area (Å²) in [5.41, 5.74) is -1.01. The summed E-state index contributed by atoms with van der Waals surface area (Å²) in [6.07, 6.45) is 6.22. The number of unbranched alkanes of at least 4 members (excludes halogenated alkanes) is 1. The third kappa shape index (κ3) is 32.3. The first-order chi connectivity index (χ1) is 61.3. The van der Waals surface area contributed by atoms with Crippen LogP contribution in [0.3, 0.4) is 0 Å². The van der Waals surface area contributed by atoms with Crippen LogP contribution in [0.2, 0.25) is 0 Å². The molecule has 0 unspecified atom stereocenters. The lowest BCUT2D eigenvalue weighted by molar-refractivity contribution is -0.138. The van der Waals surface area contributed by atoms with Gasteiger partial charge >= 0.3 is 40.1 Å². The Kier molecular flexibility index (Phi) is 38.9. The highest BCUT2D eigenvalue weighted by Crippen LogP contribution is 2.06. The van der Waals surface area contributed by atoms with Crippen molar-refractivity contribution in [3.8, 4) is 0 Å². The van der Waals surface area contributed by atoms with Crippen molar-refractivity contribution in [3.63, 3.8) is 0 Å². The number of carbonyl (C=O) groups excluding carboxylic acids is 15. The number of H-pyrrole nitrogens is 6. The van der Waals surface area contributed by atoms with Crippen molar-refractivity contribution >= 4 is 88.7 Å². The molecule has 6 aromatic heterocycles. The largest absolute Gasteiger partial charge is 0.464 e. The van der Waals surface area contributed by atoms with Crippen LogP contribution in [-0.4, -0.2) is 313 Å². The van der Waals surface area contributed by atoms with E-state index in [-0.39, 0.29) is 53.9 Å². The second-order valence-electron chi connectivity index (χ2n) is 29.3. The summed E-state index contributed by atoms with van der Waals surface area (Å²) in [4.78, 5) is 372. The van der Waals surface area contributed by atoms with Gasteiger partial charge in [-0.25, -0.2) is 33.6 Å². The second-order valence-corrected chi connectivity index (χ2v) is 29.3. The topological polar surface area (TPSA) is 750 Å². The van der Waals surface area contributed by atoms with Crippen molar-refractivity contribution in [2.24, 2.45) is 11.5 Å². The molecule has 130 heavy (non-hydrogen) atoms. The number of aryl methyl sites for hydroxylation is 5. The number of nitrogens with zero attached hydrogens (tertiary/aromatic N) is 12. The maximum absolute atomic E-state index is 14.4. The SMILES string of the molecule is COC(=O)c1cc(=O)[nH]c(=O)n1CC(=O)N(CCNC(=O)CN(CCNC(=O)CN(CCNC(=O)CN(CCNC(C)=O)C(=O)Cn1cc(C)c(=O)[nH]c1=O)C(=O)Cn1cc(C)c(=O)[nH]c1=O)C(=O)Cn1cc(C)c(=O)[nH]c1=O)CC(=O)NCCN(CC(=O)NCCN(CC(=O)N[C@@H](CCCCN)C(N)=O)C(=O)Cn1cc(C)c(=O)[nH]c1=O)C(=O)Cn1cc(C)c(=O)[nH]c1=O. The number of aromatic nitrogens is 12. The molecule has 0 saturated carbocycles. The Morgan fingerprint density at radius 3 is 0.862 bits per heavy atom. The molecule has 6 aromatic rings. The van der Waals surface area contributed by atoms with Crippen molar-refractivity contribution in [1.82, 2.24) is 124 Å². The molecule has 6 rings (SSSR count). The molecule has 0 saturated heterocycles. The number of carbonyl (C=O) groups is 15.